The number of alkyl halides is 3. The van der Waals surface area contributed by atoms with Crippen LogP contribution < -0.4 is 0 Å². The van der Waals surface area contributed by atoms with Crippen LogP contribution in [0.1, 0.15) is 53.9 Å². The van der Waals surface area contributed by atoms with Gasteiger partial charge in [-0.15, -0.1) is 0 Å². The molecule has 37 heavy (non-hydrogen) atoms. The van der Waals surface area contributed by atoms with Crippen LogP contribution in [0.4, 0.5) is 13.2 Å². The van der Waals surface area contributed by atoms with Gasteiger partial charge in [0.05, 0.1) is 12.1 Å². The van der Waals surface area contributed by atoms with E-state index < -0.39 is 17.6 Å². The summed E-state index contributed by atoms with van der Waals surface area (Å²) in [5, 5.41) is 0. The topological polar surface area (TPSA) is 45.6 Å². The SMILES string of the molecule is CC(C)CN(CC(=O)N(Cc1cccn1Cc1ccccc1)C1CC1)C(=O)c1cccc(C(F)(F)F)c1. The molecule has 8 heteroatoms. The van der Waals surface area contributed by atoms with Gasteiger partial charge in [-0.2, -0.15) is 13.2 Å². The van der Waals surface area contributed by atoms with E-state index in [-0.39, 0.29) is 36.5 Å². The molecule has 2 amide bonds. The lowest BCUT2D eigenvalue weighted by Gasteiger charge is -2.29. The van der Waals surface area contributed by atoms with Gasteiger partial charge in [0, 0.05) is 36.6 Å². The number of rotatable bonds is 10. The summed E-state index contributed by atoms with van der Waals surface area (Å²) in [4.78, 5) is 30.0. The lowest BCUT2D eigenvalue weighted by atomic mass is 10.1. The normalized spacial score (nSPS) is 13.6. The van der Waals surface area contributed by atoms with Gasteiger partial charge in [-0.3, -0.25) is 9.59 Å². The Morgan fingerprint density at radius 3 is 2.38 bits per heavy atom. The maximum Gasteiger partial charge on any atom is 0.416 e. The highest BCUT2D eigenvalue weighted by molar-refractivity contribution is 5.96. The molecule has 0 bridgehead atoms. The maximum atomic E-state index is 13.5. The molecule has 1 heterocycles. The first-order chi connectivity index (χ1) is 17.6. The van der Waals surface area contributed by atoms with E-state index in [0.717, 1.165) is 36.2 Å². The predicted molar refractivity (Wildman–Crippen MR) is 136 cm³/mol. The van der Waals surface area contributed by atoms with Gasteiger partial charge in [0.15, 0.2) is 0 Å². The Bertz CT molecular complexity index is 1220. The summed E-state index contributed by atoms with van der Waals surface area (Å²) >= 11 is 0. The predicted octanol–water partition coefficient (Wildman–Crippen LogP) is 5.84. The molecule has 0 saturated heterocycles. The number of hydrogen-bond donors (Lipinski definition) is 0. The number of carbonyl (C=O) groups is 2. The summed E-state index contributed by atoms with van der Waals surface area (Å²) < 4.78 is 41.8. The Hall–Kier alpha value is -3.55. The number of amides is 2. The van der Waals surface area contributed by atoms with Crippen molar-refractivity contribution in [2.24, 2.45) is 5.92 Å². The molecule has 0 radical (unpaired) electrons. The number of benzene rings is 2. The average molecular weight is 512 g/mol. The number of aromatic nitrogens is 1. The molecule has 1 fully saturated rings. The average Bonchev–Trinajstić information content (AvgIpc) is 3.61. The van der Waals surface area contributed by atoms with E-state index in [2.05, 4.69) is 16.7 Å². The Morgan fingerprint density at radius 2 is 1.73 bits per heavy atom. The first kappa shape index (κ1) is 26.5. The van der Waals surface area contributed by atoms with E-state index in [9.17, 15) is 22.8 Å². The molecule has 5 nitrogen and oxygen atoms in total. The molecule has 1 aromatic heterocycles. The minimum atomic E-state index is -4.55. The second-order valence-electron chi connectivity index (χ2n) is 10.0. The molecule has 196 valence electrons. The van der Waals surface area contributed by atoms with Crippen LogP contribution in [0.25, 0.3) is 0 Å². The highest BCUT2D eigenvalue weighted by atomic mass is 19.4. The van der Waals surface area contributed by atoms with Gasteiger partial charge in [0.1, 0.15) is 6.54 Å². The van der Waals surface area contributed by atoms with Crippen LogP contribution in [-0.4, -0.2) is 45.3 Å². The van der Waals surface area contributed by atoms with Gasteiger partial charge in [-0.1, -0.05) is 50.2 Å². The zero-order valence-corrected chi connectivity index (χ0v) is 21.1. The molecule has 2 aromatic carbocycles. The summed E-state index contributed by atoms with van der Waals surface area (Å²) in [6.07, 6.45) is -0.764. The first-order valence-corrected chi connectivity index (χ1v) is 12.6. The molecule has 0 N–H and O–H groups in total. The van der Waals surface area contributed by atoms with Gasteiger partial charge >= 0.3 is 6.18 Å². The van der Waals surface area contributed by atoms with Crippen molar-refractivity contribution in [1.82, 2.24) is 14.4 Å². The summed E-state index contributed by atoms with van der Waals surface area (Å²) in [5.41, 5.74) is 1.19. The Balaban J connectivity index is 1.51. The van der Waals surface area contributed by atoms with Crippen LogP contribution in [-0.2, 0) is 24.1 Å². The van der Waals surface area contributed by atoms with Crippen molar-refractivity contribution >= 4 is 11.8 Å². The van der Waals surface area contributed by atoms with E-state index in [1.165, 1.54) is 17.0 Å². The number of halogens is 3. The molecule has 0 spiro atoms. The zero-order valence-electron chi connectivity index (χ0n) is 21.1. The number of carbonyl (C=O) groups excluding carboxylic acids is 2. The fraction of sp³-hybridized carbons (Fsp3) is 0.379. The van der Waals surface area contributed by atoms with Gasteiger partial charge in [0.2, 0.25) is 5.91 Å². The van der Waals surface area contributed by atoms with Crippen molar-refractivity contribution in [3.8, 4) is 0 Å². The van der Waals surface area contributed by atoms with Crippen LogP contribution in [0.5, 0.6) is 0 Å². The van der Waals surface area contributed by atoms with Crippen molar-refractivity contribution in [1.29, 1.82) is 0 Å². The monoisotopic (exact) mass is 511 g/mol. The molecule has 1 aliphatic rings. The van der Waals surface area contributed by atoms with E-state index in [1.54, 1.807) is 0 Å². The molecule has 1 aliphatic carbocycles. The molecule has 0 atom stereocenters. The summed E-state index contributed by atoms with van der Waals surface area (Å²) in [6.45, 7) is 5.00. The van der Waals surface area contributed by atoms with Gasteiger partial charge in [-0.25, -0.2) is 0 Å². The summed E-state index contributed by atoms with van der Waals surface area (Å²) in [6, 6.07) is 18.5. The van der Waals surface area contributed by atoms with Crippen molar-refractivity contribution in [3.63, 3.8) is 0 Å². The summed E-state index contributed by atoms with van der Waals surface area (Å²) in [5.74, 6) is -0.729. The van der Waals surface area contributed by atoms with Crippen molar-refractivity contribution in [3.05, 3.63) is 95.3 Å². The van der Waals surface area contributed by atoms with Crippen molar-refractivity contribution in [2.75, 3.05) is 13.1 Å². The van der Waals surface area contributed by atoms with Crippen LogP contribution >= 0.6 is 0 Å². The third-order valence-electron chi connectivity index (χ3n) is 6.40. The molecular weight excluding hydrogens is 479 g/mol. The minimum Gasteiger partial charge on any atom is -0.345 e. The Kier molecular flexibility index (Phi) is 8.05. The van der Waals surface area contributed by atoms with Gasteiger partial charge < -0.3 is 14.4 Å². The van der Waals surface area contributed by atoms with Gasteiger partial charge in [-0.05, 0) is 54.7 Å². The van der Waals surface area contributed by atoms with Gasteiger partial charge in [0.25, 0.3) is 5.91 Å². The minimum absolute atomic E-state index is 0.0417. The van der Waals surface area contributed by atoms with E-state index >= 15 is 0 Å². The standard InChI is InChI=1S/C29H32F3N3O2/c1-21(2)17-34(28(37)23-10-6-11-24(16-23)29(30,31)32)20-27(36)35(25-13-14-25)19-26-12-7-15-33(26)18-22-8-4-3-5-9-22/h3-12,15-16,21,25H,13-14,17-20H2,1-2H3. The Labute approximate surface area is 215 Å². The third kappa shape index (κ3) is 7.02. The molecule has 0 unspecified atom stereocenters. The molecule has 0 aliphatic heterocycles. The van der Waals surface area contributed by atoms with E-state index in [0.29, 0.717) is 13.1 Å². The van der Waals surface area contributed by atoms with Crippen LogP contribution in [0.2, 0.25) is 0 Å². The second kappa shape index (κ2) is 11.2. The lowest BCUT2D eigenvalue weighted by molar-refractivity contribution is -0.137. The molecule has 4 rings (SSSR count). The van der Waals surface area contributed by atoms with Crippen molar-refractivity contribution < 1.29 is 22.8 Å². The first-order valence-electron chi connectivity index (χ1n) is 12.6. The third-order valence-corrected chi connectivity index (χ3v) is 6.40. The van der Waals surface area contributed by atoms with E-state index in [1.807, 2.05) is 55.3 Å². The maximum absolute atomic E-state index is 13.5. The fourth-order valence-corrected chi connectivity index (χ4v) is 4.43. The largest absolute Gasteiger partial charge is 0.416 e. The van der Waals surface area contributed by atoms with Crippen LogP contribution in [0.3, 0.4) is 0 Å². The van der Waals surface area contributed by atoms with Crippen molar-refractivity contribution in [2.45, 2.75) is 52.0 Å². The number of nitrogens with zero attached hydrogens (tertiary/aromatic N) is 3. The highest BCUT2D eigenvalue weighted by Crippen LogP contribution is 2.31. The second-order valence-corrected chi connectivity index (χ2v) is 10.0. The lowest BCUT2D eigenvalue weighted by Crippen LogP contribution is -2.45. The molecular formula is C29H32F3N3O2. The fourth-order valence-electron chi connectivity index (χ4n) is 4.43. The van der Waals surface area contributed by atoms with Crippen LogP contribution in [0, 0.1) is 5.92 Å². The Morgan fingerprint density at radius 1 is 1.00 bits per heavy atom. The smallest absolute Gasteiger partial charge is 0.345 e. The van der Waals surface area contributed by atoms with Crippen LogP contribution in [0.15, 0.2) is 72.9 Å². The summed E-state index contributed by atoms with van der Waals surface area (Å²) in [7, 11) is 0. The van der Waals surface area contributed by atoms with E-state index in [4.69, 9.17) is 0 Å². The number of hydrogen-bond acceptors (Lipinski definition) is 2. The zero-order chi connectivity index (χ0) is 26.6. The highest BCUT2D eigenvalue weighted by Gasteiger charge is 2.35. The quantitative estimate of drug-likeness (QED) is 0.343. The molecule has 1 saturated carbocycles. The molecule has 3 aromatic rings.